The molecule has 1 saturated carbocycles. The third kappa shape index (κ3) is 3.54. The zero-order valence-electron chi connectivity index (χ0n) is 12.5. The molecule has 3 N–H and O–H groups in total. The minimum absolute atomic E-state index is 0.156. The third-order valence-corrected chi connectivity index (χ3v) is 4.20. The molecule has 0 spiro atoms. The average molecular weight is 299 g/mol. The van der Waals surface area contributed by atoms with Crippen LogP contribution in [0, 0.1) is 0 Å². The summed E-state index contributed by atoms with van der Waals surface area (Å²) in [4.78, 5) is 16.3. The number of aliphatic hydroxyl groups excluding tert-OH is 1. The largest absolute Gasteiger partial charge is 0.393 e. The van der Waals surface area contributed by atoms with Crippen molar-refractivity contribution in [1.82, 2.24) is 15.6 Å². The maximum Gasteiger partial charge on any atom is 0.315 e. The van der Waals surface area contributed by atoms with Crippen molar-refractivity contribution in [2.24, 2.45) is 0 Å². The van der Waals surface area contributed by atoms with Crippen LogP contribution in [0.15, 0.2) is 36.5 Å². The van der Waals surface area contributed by atoms with E-state index in [0.717, 1.165) is 42.1 Å². The summed E-state index contributed by atoms with van der Waals surface area (Å²) in [5, 5.41) is 17.5. The van der Waals surface area contributed by atoms with Gasteiger partial charge in [0.15, 0.2) is 0 Å². The maximum atomic E-state index is 12.0. The Balaban J connectivity index is 1.56. The lowest BCUT2D eigenvalue weighted by Crippen LogP contribution is -2.44. The first-order chi connectivity index (χ1) is 10.7. The number of amides is 2. The van der Waals surface area contributed by atoms with Crippen LogP contribution in [0.3, 0.4) is 0 Å². The van der Waals surface area contributed by atoms with Crippen LogP contribution >= 0.6 is 0 Å². The van der Waals surface area contributed by atoms with Crippen LogP contribution in [-0.2, 0) is 6.54 Å². The molecular formula is C17H21N3O2. The summed E-state index contributed by atoms with van der Waals surface area (Å²) in [6.07, 6.45) is 4.74. The number of carbonyl (C=O) groups is 1. The van der Waals surface area contributed by atoms with Crippen molar-refractivity contribution in [3.8, 4) is 0 Å². The highest BCUT2D eigenvalue weighted by Crippen LogP contribution is 2.18. The Hall–Kier alpha value is -2.14. The van der Waals surface area contributed by atoms with Crippen molar-refractivity contribution < 1.29 is 9.90 Å². The standard InChI is InChI=1S/C17H21N3O2/c21-14-7-5-13(6-8-14)20-17(22)19-11-16-15-4-2-1-3-12(15)9-10-18-16/h1-4,9-10,13-14,21H,5-8,11H2,(H2,19,20,22). The van der Waals surface area contributed by atoms with Gasteiger partial charge in [-0.1, -0.05) is 24.3 Å². The second-order valence-electron chi connectivity index (χ2n) is 5.81. The molecule has 116 valence electrons. The van der Waals surface area contributed by atoms with Gasteiger partial charge in [-0.15, -0.1) is 0 Å². The average Bonchev–Trinajstić information content (AvgIpc) is 2.55. The summed E-state index contributed by atoms with van der Waals surface area (Å²) >= 11 is 0. The molecule has 22 heavy (non-hydrogen) atoms. The van der Waals surface area contributed by atoms with Gasteiger partial charge in [-0.2, -0.15) is 0 Å². The molecule has 0 unspecified atom stereocenters. The van der Waals surface area contributed by atoms with Crippen molar-refractivity contribution in [1.29, 1.82) is 0 Å². The predicted molar refractivity (Wildman–Crippen MR) is 85.4 cm³/mol. The summed E-state index contributed by atoms with van der Waals surface area (Å²) < 4.78 is 0. The number of aromatic nitrogens is 1. The molecule has 2 aromatic rings. The van der Waals surface area contributed by atoms with E-state index in [1.165, 1.54) is 0 Å². The Kier molecular flexibility index (Phi) is 4.53. The molecular weight excluding hydrogens is 278 g/mol. The van der Waals surface area contributed by atoms with Crippen LogP contribution in [0.25, 0.3) is 10.8 Å². The quantitative estimate of drug-likeness (QED) is 0.814. The van der Waals surface area contributed by atoms with Crippen LogP contribution < -0.4 is 10.6 Å². The van der Waals surface area contributed by atoms with Gasteiger partial charge in [-0.25, -0.2) is 4.79 Å². The van der Waals surface area contributed by atoms with Crippen molar-refractivity contribution >= 4 is 16.8 Å². The highest BCUT2D eigenvalue weighted by Gasteiger charge is 2.20. The summed E-state index contributed by atoms with van der Waals surface area (Å²) in [6, 6.07) is 9.96. The Bertz CT molecular complexity index is 646. The predicted octanol–water partition coefficient (Wildman–Crippen LogP) is 2.34. The van der Waals surface area contributed by atoms with E-state index in [1.807, 2.05) is 30.3 Å². The number of rotatable bonds is 3. The fraction of sp³-hybridized carbons (Fsp3) is 0.412. The number of fused-ring (bicyclic) bond motifs is 1. The minimum Gasteiger partial charge on any atom is -0.393 e. The summed E-state index contributed by atoms with van der Waals surface area (Å²) in [5.41, 5.74) is 0.868. The topological polar surface area (TPSA) is 74.2 Å². The lowest BCUT2D eigenvalue weighted by Gasteiger charge is -2.26. The van der Waals surface area contributed by atoms with Gasteiger partial charge < -0.3 is 15.7 Å². The molecule has 0 bridgehead atoms. The van der Waals surface area contributed by atoms with Crippen LogP contribution in [0.5, 0.6) is 0 Å². The number of pyridine rings is 1. The Morgan fingerprint density at radius 2 is 1.95 bits per heavy atom. The molecule has 3 rings (SSSR count). The second kappa shape index (κ2) is 6.75. The SMILES string of the molecule is O=C(NCc1nccc2ccccc12)NC1CCC(O)CC1. The Morgan fingerprint density at radius 3 is 2.77 bits per heavy atom. The first kappa shape index (κ1) is 14.8. The lowest BCUT2D eigenvalue weighted by molar-refractivity contribution is 0.117. The van der Waals surface area contributed by atoms with Crippen molar-refractivity contribution in [3.63, 3.8) is 0 Å². The van der Waals surface area contributed by atoms with E-state index in [4.69, 9.17) is 0 Å². The van der Waals surface area contributed by atoms with E-state index in [0.29, 0.717) is 6.54 Å². The first-order valence-corrected chi connectivity index (χ1v) is 7.77. The second-order valence-corrected chi connectivity index (χ2v) is 5.81. The van der Waals surface area contributed by atoms with Crippen molar-refractivity contribution in [2.75, 3.05) is 0 Å². The number of nitrogens with zero attached hydrogens (tertiary/aromatic N) is 1. The number of hydrogen-bond donors (Lipinski definition) is 3. The molecule has 1 aliphatic rings. The molecule has 0 atom stereocenters. The summed E-state index contributed by atoms with van der Waals surface area (Å²) in [6.45, 7) is 0.405. The van der Waals surface area contributed by atoms with Crippen LogP contribution in [0.1, 0.15) is 31.4 Å². The molecule has 1 heterocycles. The molecule has 1 fully saturated rings. The molecule has 1 aromatic carbocycles. The van der Waals surface area contributed by atoms with E-state index in [2.05, 4.69) is 15.6 Å². The highest BCUT2D eigenvalue weighted by atomic mass is 16.3. The molecule has 5 nitrogen and oxygen atoms in total. The van der Waals surface area contributed by atoms with Crippen LogP contribution in [0.2, 0.25) is 0 Å². The number of urea groups is 1. The number of nitrogens with one attached hydrogen (secondary N) is 2. The van der Waals surface area contributed by atoms with Gasteiger partial charge in [0.1, 0.15) is 0 Å². The van der Waals surface area contributed by atoms with Gasteiger partial charge in [0.05, 0.1) is 18.3 Å². The third-order valence-electron chi connectivity index (χ3n) is 4.20. The van der Waals surface area contributed by atoms with Crippen molar-refractivity contribution in [2.45, 2.75) is 44.4 Å². The van der Waals surface area contributed by atoms with Gasteiger partial charge in [0.2, 0.25) is 0 Å². The van der Waals surface area contributed by atoms with Gasteiger partial charge in [-0.3, -0.25) is 4.98 Å². The molecule has 2 amide bonds. The fourth-order valence-electron chi connectivity index (χ4n) is 2.94. The van der Waals surface area contributed by atoms with E-state index in [9.17, 15) is 9.90 Å². The van der Waals surface area contributed by atoms with Gasteiger partial charge in [0.25, 0.3) is 0 Å². The summed E-state index contributed by atoms with van der Waals surface area (Å²) in [7, 11) is 0. The summed E-state index contributed by atoms with van der Waals surface area (Å²) in [5.74, 6) is 0. The van der Waals surface area contributed by atoms with Crippen LogP contribution in [0.4, 0.5) is 4.79 Å². The normalized spacial score (nSPS) is 21.5. The van der Waals surface area contributed by atoms with Gasteiger partial charge in [0, 0.05) is 17.6 Å². The minimum atomic E-state index is -0.207. The van der Waals surface area contributed by atoms with Gasteiger partial charge in [-0.05, 0) is 37.1 Å². The molecule has 0 aliphatic heterocycles. The van der Waals surface area contributed by atoms with E-state index < -0.39 is 0 Å². The maximum absolute atomic E-state index is 12.0. The smallest absolute Gasteiger partial charge is 0.315 e. The number of benzene rings is 1. The molecule has 0 radical (unpaired) electrons. The van der Waals surface area contributed by atoms with E-state index >= 15 is 0 Å². The molecule has 1 aromatic heterocycles. The van der Waals surface area contributed by atoms with E-state index in [1.54, 1.807) is 6.20 Å². The highest BCUT2D eigenvalue weighted by molar-refractivity contribution is 5.84. The number of hydrogen-bond acceptors (Lipinski definition) is 3. The molecule has 0 saturated heterocycles. The molecule has 5 heteroatoms. The zero-order chi connectivity index (χ0) is 15.4. The van der Waals surface area contributed by atoms with E-state index in [-0.39, 0.29) is 18.2 Å². The Labute approximate surface area is 129 Å². The van der Waals surface area contributed by atoms with Gasteiger partial charge >= 0.3 is 6.03 Å². The first-order valence-electron chi connectivity index (χ1n) is 7.77. The Morgan fingerprint density at radius 1 is 1.18 bits per heavy atom. The monoisotopic (exact) mass is 299 g/mol. The molecule has 1 aliphatic carbocycles. The number of carbonyl (C=O) groups excluding carboxylic acids is 1. The zero-order valence-corrected chi connectivity index (χ0v) is 12.5. The number of aliphatic hydroxyl groups is 1. The van der Waals surface area contributed by atoms with Crippen molar-refractivity contribution in [3.05, 3.63) is 42.2 Å². The fourth-order valence-corrected chi connectivity index (χ4v) is 2.94. The lowest BCUT2D eigenvalue weighted by atomic mass is 9.93. The van der Waals surface area contributed by atoms with Crippen LogP contribution in [-0.4, -0.2) is 28.3 Å².